The Bertz CT molecular complexity index is 2100. The molecule has 3 N–H and O–H groups in total. The van der Waals surface area contributed by atoms with Crippen LogP contribution in [0.3, 0.4) is 0 Å². The second-order valence-corrected chi connectivity index (χ2v) is 11.4. The number of pyridine rings is 1. The van der Waals surface area contributed by atoms with Gasteiger partial charge < -0.3 is 19.9 Å². The lowest BCUT2D eigenvalue weighted by molar-refractivity contribution is 0.305. The monoisotopic (exact) mass is 596 g/mol. The van der Waals surface area contributed by atoms with Crippen LogP contribution in [0.2, 0.25) is 0 Å². The molecule has 7 nitrogen and oxygen atoms in total. The van der Waals surface area contributed by atoms with Crippen molar-refractivity contribution in [3.05, 3.63) is 121 Å². The highest BCUT2D eigenvalue weighted by Crippen LogP contribution is 2.36. The number of aromatic amines is 2. The van der Waals surface area contributed by atoms with E-state index in [-0.39, 0.29) is 5.82 Å². The molecule has 45 heavy (non-hydrogen) atoms. The van der Waals surface area contributed by atoms with Crippen molar-refractivity contribution in [3.8, 4) is 39.4 Å². The Balaban J connectivity index is 1.20. The number of rotatable bonds is 10. The number of nitrogens with one attached hydrogen (secondary N) is 3. The molecular formula is C37H33FN6O. The molecule has 0 saturated heterocycles. The summed E-state index contributed by atoms with van der Waals surface area (Å²) in [6, 6.07) is 31.6. The van der Waals surface area contributed by atoms with E-state index < -0.39 is 0 Å². The molecule has 7 rings (SSSR count). The lowest BCUT2D eigenvalue weighted by Crippen LogP contribution is -2.20. The minimum atomic E-state index is -0.275. The maximum Gasteiger partial charge on any atom is 0.138 e. The van der Waals surface area contributed by atoms with Crippen molar-refractivity contribution in [1.82, 2.24) is 25.1 Å². The second-order valence-electron chi connectivity index (χ2n) is 11.4. The average Bonchev–Trinajstić information content (AvgIpc) is 3.68. The number of benzene rings is 4. The normalized spacial score (nSPS) is 11.5. The number of nitrogens with zero attached hydrogens (tertiary/aromatic N) is 3. The van der Waals surface area contributed by atoms with Crippen LogP contribution in [-0.4, -0.2) is 52.3 Å². The molecule has 0 saturated carbocycles. The summed E-state index contributed by atoms with van der Waals surface area (Å²) in [7, 11) is 4.04. The largest absolute Gasteiger partial charge is 0.487 e. The van der Waals surface area contributed by atoms with E-state index in [1.54, 1.807) is 12.3 Å². The molecule has 0 aliphatic carbocycles. The average molecular weight is 597 g/mol. The van der Waals surface area contributed by atoms with Gasteiger partial charge in [0.15, 0.2) is 0 Å². The number of aromatic nitrogens is 4. The first-order valence-electron chi connectivity index (χ1n) is 14.9. The molecule has 3 heterocycles. The Morgan fingerprint density at radius 2 is 1.69 bits per heavy atom. The Kier molecular flexibility index (Phi) is 7.71. The first-order chi connectivity index (χ1) is 22.0. The van der Waals surface area contributed by atoms with Gasteiger partial charge in [-0.3, -0.25) is 10.1 Å². The molecule has 0 fully saturated rings. The third-order valence-corrected chi connectivity index (χ3v) is 7.87. The topological polar surface area (TPSA) is 81.9 Å². The quantitative estimate of drug-likeness (QED) is 0.149. The summed E-state index contributed by atoms with van der Waals surface area (Å²) in [5, 5.41) is 13.2. The van der Waals surface area contributed by atoms with Gasteiger partial charge in [-0.15, -0.1) is 0 Å². The van der Waals surface area contributed by atoms with Crippen molar-refractivity contribution in [2.24, 2.45) is 0 Å². The summed E-state index contributed by atoms with van der Waals surface area (Å²) in [5.74, 6) is 0.433. The molecule has 0 unspecified atom stereocenters. The molecule has 0 aliphatic rings. The first-order valence-corrected chi connectivity index (χ1v) is 14.9. The van der Waals surface area contributed by atoms with Crippen LogP contribution in [-0.2, 0) is 6.61 Å². The number of hydrogen-bond acceptors (Lipinski definition) is 5. The molecule has 0 radical (unpaired) electrons. The Morgan fingerprint density at radius 3 is 2.56 bits per heavy atom. The van der Waals surface area contributed by atoms with Crippen molar-refractivity contribution in [1.29, 1.82) is 0 Å². The van der Waals surface area contributed by atoms with Crippen molar-refractivity contribution >= 4 is 27.5 Å². The Hall–Kier alpha value is -5.47. The smallest absolute Gasteiger partial charge is 0.138 e. The van der Waals surface area contributed by atoms with Gasteiger partial charge >= 0.3 is 0 Å². The summed E-state index contributed by atoms with van der Waals surface area (Å²) in [6.45, 7) is 2.05. The molecule has 4 aromatic carbocycles. The lowest BCUT2D eigenvalue weighted by atomic mass is 10.0. The molecule has 3 aromatic heterocycles. The van der Waals surface area contributed by atoms with Crippen LogP contribution in [0.25, 0.3) is 55.4 Å². The zero-order chi connectivity index (χ0) is 30.8. The summed E-state index contributed by atoms with van der Waals surface area (Å²) < 4.78 is 20.8. The number of likely N-dealkylation sites (N-methyl/N-ethyl adjacent to an activating group) is 1. The number of hydrogen-bond donors (Lipinski definition) is 3. The first kappa shape index (κ1) is 28.3. The van der Waals surface area contributed by atoms with Crippen LogP contribution in [0.4, 0.5) is 10.1 Å². The van der Waals surface area contributed by atoms with Crippen molar-refractivity contribution in [2.45, 2.75) is 6.61 Å². The lowest BCUT2D eigenvalue weighted by Gasteiger charge is -2.13. The van der Waals surface area contributed by atoms with Crippen LogP contribution in [0.5, 0.6) is 5.75 Å². The predicted octanol–water partition coefficient (Wildman–Crippen LogP) is 8.13. The van der Waals surface area contributed by atoms with Crippen molar-refractivity contribution in [3.63, 3.8) is 0 Å². The van der Waals surface area contributed by atoms with E-state index in [9.17, 15) is 4.39 Å². The fraction of sp³-hybridized carbons (Fsp3) is 0.135. The van der Waals surface area contributed by atoms with Crippen molar-refractivity contribution < 1.29 is 9.13 Å². The number of anilines is 1. The molecule has 0 atom stereocenters. The summed E-state index contributed by atoms with van der Waals surface area (Å²) >= 11 is 0. The highest BCUT2D eigenvalue weighted by atomic mass is 19.1. The van der Waals surface area contributed by atoms with Crippen LogP contribution < -0.4 is 10.1 Å². The minimum Gasteiger partial charge on any atom is -0.487 e. The Morgan fingerprint density at radius 1 is 0.800 bits per heavy atom. The van der Waals surface area contributed by atoms with E-state index in [0.717, 1.165) is 79.8 Å². The molecule has 7 aromatic rings. The van der Waals surface area contributed by atoms with Gasteiger partial charge in [0.05, 0.1) is 17.4 Å². The molecule has 224 valence electrons. The third-order valence-electron chi connectivity index (χ3n) is 7.87. The molecule has 8 heteroatoms. The standard InChI is InChI=1S/C37H33FN6O/c1-44(2)14-13-40-29-16-26(15-28(38)19-29)31-9-6-10-34-32(31)20-36(41-34)37-33-18-25(11-12-35(33)42-43-37)27-17-30(22-39-21-27)45-23-24-7-4-3-5-8-24/h3-12,15-22,40-41H,13-14,23H2,1-2H3,(H,42,43). The zero-order valence-electron chi connectivity index (χ0n) is 25.1. The maximum atomic E-state index is 14.7. The van der Waals surface area contributed by atoms with E-state index in [2.05, 4.69) is 48.6 Å². The summed E-state index contributed by atoms with van der Waals surface area (Å²) in [4.78, 5) is 10.1. The van der Waals surface area contributed by atoms with Gasteiger partial charge in [-0.2, -0.15) is 5.10 Å². The van der Waals surface area contributed by atoms with E-state index in [1.807, 2.05) is 87.0 Å². The highest BCUT2D eigenvalue weighted by molar-refractivity contribution is 6.02. The van der Waals surface area contributed by atoms with E-state index >= 15 is 0 Å². The molecule has 0 bridgehead atoms. The van der Waals surface area contributed by atoms with Gasteiger partial charge in [-0.05, 0) is 84.9 Å². The number of halogens is 1. The number of H-pyrrole nitrogens is 2. The third kappa shape index (κ3) is 6.14. The van der Waals surface area contributed by atoms with Gasteiger partial charge in [0, 0.05) is 46.8 Å². The van der Waals surface area contributed by atoms with Crippen LogP contribution in [0.1, 0.15) is 5.56 Å². The number of fused-ring (bicyclic) bond motifs is 2. The van der Waals surface area contributed by atoms with Crippen molar-refractivity contribution in [2.75, 3.05) is 32.5 Å². The second kappa shape index (κ2) is 12.3. The van der Waals surface area contributed by atoms with Gasteiger partial charge in [-0.1, -0.05) is 48.5 Å². The SMILES string of the molecule is CN(C)CCNc1cc(F)cc(-c2cccc3[nH]c(-c4n[nH]c5ccc(-c6cncc(OCc7ccccc7)c6)cc45)cc23)c1. The fourth-order valence-electron chi connectivity index (χ4n) is 5.60. The van der Waals surface area contributed by atoms with Crippen LogP contribution in [0, 0.1) is 5.82 Å². The molecule has 0 spiro atoms. The van der Waals surface area contributed by atoms with E-state index in [4.69, 9.17) is 4.74 Å². The van der Waals surface area contributed by atoms with Gasteiger partial charge in [0.2, 0.25) is 0 Å². The summed E-state index contributed by atoms with van der Waals surface area (Å²) in [6.07, 6.45) is 3.58. The van der Waals surface area contributed by atoms with Crippen LogP contribution in [0.15, 0.2) is 109 Å². The molecule has 0 amide bonds. The van der Waals surface area contributed by atoms with Crippen LogP contribution >= 0.6 is 0 Å². The van der Waals surface area contributed by atoms with E-state index in [0.29, 0.717) is 12.4 Å². The number of ether oxygens (including phenoxy) is 1. The summed E-state index contributed by atoms with van der Waals surface area (Å²) in [5.41, 5.74) is 9.15. The minimum absolute atomic E-state index is 0.275. The Labute approximate surface area is 260 Å². The van der Waals surface area contributed by atoms with Gasteiger partial charge in [0.25, 0.3) is 0 Å². The molecular weight excluding hydrogens is 563 g/mol. The zero-order valence-corrected chi connectivity index (χ0v) is 25.1. The van der Waals surface area contributed by atoms with Gasteiger partial charge in [0.1, 0.15) is 23.9 Å². The fourth-order valence-corrected chi connectivity index (χ4v) is 5.60. The van der Waals surface area contributed by atoms with Gasteiger partial charge in [-0.25, -0.2) is 4.39 Å². The highest BCUT2D eigenvalue weighted by Gasteiger charge is 2.15. The van der Waals surface area contributed by atoms with E-state index in [1.165, 1.54) is 6.07 Å². The predicted molar refractivity (Wildman–Crippen MR) is 180 cm³/mol. The molecule has 0 aliphatic heterocycles. The maximum absolute atomic E-state index is 14.7.